The van der Waals surface area contributed by atoms with Crippen LogP contribution in [0.25, 0.3) is 0 Å². The summed E-state index contributed by atoms with van der Waals surface area (Å²) in [4.78, 5) is 32.2. The van der Waals surface area contributed by atoms with Crippen LogP contribution in [0.5, 0.6) is 0 Å². The normalized spacial score (nSPS) is 11.6. The van der Waals surface area contributed by atoms with Crippen molar-refractivity contribution in [3.63, 3.8) is 0 Å². The Kier molecular flexibility index (Phi) is 8.40. The number of hydrogen-bond donors (Lipinski definition) is 4. The number of hydrogen-bond acceptors (Lipinski definition) is 7. The van der Waals surface area contributed by atoms with E-state index in [9.17, 15) is 9.59 Å². The molecule has 0 saturated heterocycles. The molecule has 0 aromatic carbocycles. The van der Waals surface area contributed by atoms with Crippen molar-refractivity contribution in [1.29, 1.82) is 0 Å². The van der Waals surface area contributed by atoms with Gasteiger partial charge in [-0.3, -0.25) is 10.1 Å². The van der Waals surface area contributed by atoms with Crippen molar-refractivity contribution in [2.75, 3.05) is 36.3 Å². The minimum absolute atomic E-state index is 0.0646. The molecule has 10 heteroatoms. The molecule has 0 spiro atoms. The van der Waals surface area contributed by atoms with Crippen molar-refractivity contribution in [3.8, 4) is 0 Å². The van der Waals surface area contributed by atoms with Crippen LogP contribution in [0.15, 0.2) is 6.33 Å². The molecule has 1 aromatic rings. The third-order valence-corrected chi connectivity index (χ3v) is 3.31. The van der Waals surface area contributed by atoms with Gasteiger partial charge in [0.15, 0.2) is 11.6 Å². The summed E-state index contributed by atoms with van der Waals surface area (Å²) >= 11 is 0. The van der Waals surface area contributed by atoms with E-state index in [1.165, 1.54) is 6.33 Å². The van der Waals surface area contributed by atoms with E-state index in [4.69, 9.17) is 15.6 Å². The summed E-state index contributed by atoms with van der Waals surface area (Å²) in [6.07, 6.45) is 2.29. The molecule has 0 radical (unpaired) electrons. The lowest BCUT2D eigenvalue weighted by Gasteiger charge is -2.23. The summed E-state index contributed by atoms with van der Waals surface area (Å²) in [5, 5.41) is 14.0. The smallest absolute Gasteiger partial charge is 0.320 e. The number of aromatic nitrogens is 2. The molecule has 0 fully saturated rings. The van der Waals surface area contributed by atoms with Crippen LogP contribution in [0.3, 0.4) is 0 Å². The first-order chi connectivity index (χ1) is 11.9. The van der Waals surface area contributed by atoms with E-state index < -0.39 is 12.0 Å². The van der Waals surface area contributed by atoms with Gasteiger partial charge in [-0.25, -0.2) is 14.8 Å². The van der Waals surface area contributed by atoms with Crippen LogP contribution in [0.1, 0.15) is 33.1 Å². The minimum atomic E-state index is -0.906. The minimum Gasteiger partial charge on any atom is -0.481 e. The van der Waals surface area contributed by atoms with E-state index in [0.717, 1.165) is 6.42 Å². The number of rotatable bonds is 10. The average molecular weight is 354 g/mol. The first kappa shape index (κ1) is 20.4. The number of aliphatic carboxylic acids is 1. The monoisotopic (exact) mass is 354 g/mol. The molecule has 0 saturated carbocycles. The number of nitrogen functional groups attached to an aromatic ring is 1. The first-order valence-corrected chi connectivity index (χ1v) is 8.08. The topological polar surface area (TPSA) is 143 Å². The van der Waals surface area contributed by atoms with Gasteiger partial charge in [0.25, 0.3) is 0 Å². The number of ether oxygens (including phenoxy) is 1. The van der Waals surface area contributed by atoms with Crippen LogP contribution in [0, 0.1) is 0 Å². The number of amides is 2. The van der Waals surface area contributed by atoms with Gasteiger partial charge in [0.1, 0.15) is 18.7 Å². The molecule has 1 unspecified atom stereocenters. The highest BCUT2D eigenvalue weighted by molar-refractivity contribution is 5.93. The van der Waals surface area contributed by atoms with Crippen molar-refractivity contribution in [2.45, 2.75) is 39.2 Å². The van der Waals surface area contributed by atoms with Gasteiger partial charge in [-0.15, -0.1) is 0 Å². The van der Waals surface area contributed by atoms with E-state index in [0.29, 0.717) is 18.8 Å². The van der Waals surface area contributed by atoms with Gasteiger partial charge < -0.3 is 25.8 Å². The Balaban J connectivity index is 2.75. The quantitative estimate of drug-likeness (QED) is 0.460. The Hall–Kier alpha value is -2.62. The predicted molar refractivity (Wildman–Crippen MR) is 94.4 cm³/mol. The number of carboxylic acid groups (broad SMARTS) is 1. The van der Waals surface area contributed by atoms with Gasteiger partial charge in [-0.1, -0.05) is 13.3 Å². The molecule has 10 nitrogen and oxygen atoms in total. The fraction of sp³-hybridized carbons (Fsp3) is 0.600. The zero-order valence-corrected chi connectivity index (χ0v) is 14.8. The molecule has 140 valence electrons. The van der Waals surface area contributed by atoms with Crippen LogP contribution in [0.4, 0.5) is 22.1 Å². The predicted octanol–water partition coefficient (Wildman–Crippen LogP) is 1.25. The molecule has 1 aromatic heterocycles. The third-order valence-electron chi connectivity index (χ3n) is 3.31. The molecule has 25 heavy (non-hydrogen) atoms. The number of nitrogens with one attached hydrogen (secondary N) is 2. The molecule has 0 aliphatic heterocycles. The summed E-state index contributed by atoms with van der Waals surface area (Å²) < 4.78 is 5.65. The lowest BCUT2D eigenvalue weighted by molar-refractivity contribution is -0.140. The van der Waals surface area contributed by atoms with E-state index in [1.54, 1.807) is 18.9 Å². The van der Waals surface area contributed by atoms with Crippen molar-refractivity contribution in [3.05, 3.63) is 6.33 Å². The summed E-state index contributed by atoms with van der Waals surface area (Å²) in [5.74, 6) is -0.332. The van der Waals surface area contributed by atoms with Crippen molar-refractivity contribution in [1.82, 2.24) is 15.3 Å². The van der Waals surface area contributed by atoms with E-state index in [-0.39, 0.29) is 30.8 Å². The lowest BCUT2D eigenvalue weighted by Crippen LogP contribution is -2.30. The van der Waals surface area contributed by atoms with Crippen LogP contribution in [-0.2, 0) is 9.53 Å². The molecule has 1 atom stereocenters. The van der Waals surface area contributed by atoms with Crippen molar-refractivity contribution in [2.24, 2.45) is 0 Å². The number of nitrogens with zero attached hydrogens (tertiary/aromatic N) is 3. The molecule has 5 N–H and O–H groups in total. The Bertz CT molecular complexity index is 583. The van der Waals surface area contributed by atoms with Gasteiger partial charge in [-0.2, -0.15) is 0 Å². The average Bonchev–Trinajstić information content (AvgIpc) is 2.54. The Labute approximate surface area is 146 Å². The molecule has 0 aliphatic rings. The summed E-state index contributed by atoms with van der Waals surface area (Å²) in [6, 6.07) is -0.415. The van der Waals surface area contributed by atoms with E-state index in [2.05, 4.69) is 20.6 Å². The molecule has 2 amide bonds. The summed E-state index contributed by atoms with van der Waals surface area (Å²) in [7, 11) is 1.71. The van der Waals surface area contributed by atoms with Crippen LogP contribution < -0.4 is 21.3 Å². The fourth-order valence-corrected chi connectivity index (χ4v) is 2.14. The largest absolute Gasteiger partial charge is 0.481 e. The highest BCUT2D eigenvalue weighted by atomic mass is 16.5. The number of nitrogens with two attached hydrogens (primary N) is 1. The highest BCUT2D eigenvalue weighted by Gasteiger charge is 2.17. The lowest BCUT2D eigenvalue weighted by atomic mass is 10.1. The van der Waals surface area contributed by atoms with Gasteiger partial charge >= 0.3 is 12.0 Å². The van der Waals surface area contributed by atoms with Crippen LogP contribution in [-0.4, -0.2) is 53.5 Å². The van der Waals surface area contributed by atoms with Crippen molar-refractivity contribution >= 4 is 29.3 Å². The SMILES string of the molecule is CCCC(CC(=O)O)OCN(C)c1ncnc(NC(=O)NCC)c1N. The van der Waals surface area contributed by atoms with Crippen LogP contribution >= 0.6 is 0 Å². The van der Waals surface area contributed by atoms with Gasteiger partial charge in [0.05, 0.1) is 12.5 Å². The molecule has 0 bridgehead atoms. The number of anilines is 3. The van der Waals surface area contributed by atoms with Gasteiger partial charge in [0.2, 0.25) is 0 Å². The second-order valence-electron chi connectivity index (χ2n) is 5.45. The van der Waals surface area contributed by atoms with E-state index in [1.807, 2.05) is 6.92 Å². The maximum atomic E-state index is 11.6. The second kappa shape index (κ2) is 10.3. The molecule has 1 heterocycles. The highest BCUT2D eigenvalue weighted by Crippen LogP contribution is 2.25. The van der Waals surface area contributed by atoms with Crippen LogP contribution in [0.2, 0.25) is 0 Å². The molecular weight excluding hydrogens is 328 g/mol. The molecule has 1 rings (SSSR count). The zero-order chi connectivity index (χ0) is 18.8. The fourth-order valence-electron chi connectivity index (χ4n) is 2.14. The molecule has 0 aliphatic carbocycles. The Morgan fingerprint density at radius 1 is 1.40 bits per heavy atom. The Morgan fingerprint density at radius 2 is 2.12 bits per heavy atom. The maximum Gasteiger partial charge on any atom is 0.320 e. The number of carbonyl (C=O) groups is 2. The van der Waals surface area contributed by atoms with E-state index >= 15 is 0 Å². The van der Waals surface area contributed by atoms with Crippen molar-refractivity contribution < 1.29 is 19.4 Å². The maximum absolute atomic E-state index is 11.6. The first-order valence-electron chi connectivity index (χ1n) is 8.08. The van der Waals surface area contributed by atoms with Gasteiger partial charge in [-0.05, 0) is 13.3 Å². The van der Waals surface area contributed by atoms with Gasteiger partial charge in [0, 0.05) is 13.6 Å². The number of carbonyl (C=O) groups excluding carboxylic acids is 1. The number of urea groups is 1. The Morgan fingerprint density at radius 3 is 2.72 bits per heavy atom. The second-order valence-corrected chi connectivity index (χ2v) is 5.45. The standard InChI is InChI=1S/C15H26N6O4/c1-4-6-10(7-11(22)23)25-9-21(3)14-12(16)13(18-8-19-14)20-15(24)17-5-2/h8,10H,4-7,9,16H2,1-3H3,(H,22,23)(H2,17,18,19,20,24). The summed E-state index contributed by atoms with van der Waals surface area (Å²) in [5.41, 5.74) is 6.21. The third kappa shape index (κ3) is 6.79. The summed E-state index contributed by atoms with van der Waals surface area (Å²) in [6.45, 7) is 4.34. The zero-order valence-electron chi connectivity index (χ0n) is 14.8. The molecular formula is C15H26N6O4. The number of carboxylic acids is 1.